The van der Waals surface area contributed by atoms with E-state index in [9.17, 15) is 4.39 Å². The number of nitrogens with two attached hydrogens (primary N) is 1. The van der Waals surface area contributed by atoms with E-state index in [4.69, 9.17) is 10.3 Å². The summed E-state index contributed by atoms with van der Waals surface area (Å²) < 4.78 is 18.6. The zero-order valence-electron chi connectivity index (χ0n) is 11.4. The van der Waals surface area contributed by atoms with E-state index >= 15 is 0 Å². The molecule has 0 spiro atoms. The van der Waals surface area contributed by atoms with Crippen LogP contribution in [0.4, 0.5) is 4.39 Å². The van der Waals surface area contributed by atoms with Crippen molar-refractivity contribution in [2.45, 2.75) is 19.4 Å². The number of hydrogen-bond acceptors (Lipinski definition) is 5. The number of nitrogens with zero attached hydrogens (tertiary/aromatic N) is 3. The molecular weight excluding hydrogens is 273 g/mol. The van der Waals surface area contributed by atoms with Gasteiger partial charge in [0.15, 0.2) is 0 Å². The number of rotatable bonds is 4. The number of aryl methyl sites for hydroxylation is 1. The summed E-state index contributed by atoms with van der Waals surface area (Å²) in [6.07, 6.45) is 3.77. The molecule has 21 heavy (non-hydrogen) atoms. The Bertz CT molecular complexity index is 717. The molecule has 108 valence electrons. The van der Waals surface area contributed by atoms with Gasteiger partial charge in [-0.05, 0) is 30.7 Å². The van der Waals surface area contributed by atoms with Gasteiger partial charge in [-0.15, -0.1) is 0 Å². The van der Waals surface area contributed by atoms with E-state index in [1.165, 1.54) is 12.1 Å². The van der Waals surface area contributed by atoms with Gasteiger partial charge in [0.2, 0.25) is 11.7 Å². The first-order valence-electron chi connectivity index (χ1n) is 6.46. The highest BCUT2D eigenvalue weighted by Gasteiger charge is 2.17. The summed E-state index contributed by atoms with van der Waals surface area (Å²) in [6, 6.07) is 4.15. The summed E-state index contributed by atoms with van der Waals surface area (Å²) in [4.78, 5) is 11.1. The predicted octanol–water partition coefficient (Wildman–Crippen LogP) is 2.15. The minimum absolute atomic E-state index is 0.307. The largest absolute Gasteiger partial charge is 0.348 e. The molecule has 0 amide bonds. The highest BCUT2D eigenvalue weighted by molar-refractivity contribution is 5.55. The number of halogens is 1. The van der Waals surface area contributed by atoms with E-state index in [2.05, 4.69) is 20.1 Å². The zero-order chi connectivity index (χ0) is 14.8. The number of aromatic amines is 1. The van der Waals surface area contributed by atoms with Crippen LogP contribution < -0.4 is 5.73 Å². The lowest BCUT2D eigenvalue weighted by Gasteiger charge is -2.03. The first kappa shape index (κ1) is 13.4. The molecule has 0 saturated heterocycles. The molecule has 1 atom stereocenters. The van der Waals surface area contributed by atoms with Crippen LogP contribution >= 0.6 is 0 Å². The number of imidazole rings is 1. The van der Waals surface area contributed by atoms with E-state index in [-0.39, 0.29) is 5.82 Å². The first-order valence-corrected chi connectivity index (χ1v) is 6.46. The third kappa shape index (κ3) is 2.97. The Morgan fingerprint density at radius 3 is 2.95 bits per heavy atom. The van der Waals surface area contributed by atoms with Gasteiger partial charge in [-0.2, -0.15) is 4.98 Å². The molecule has 1 unspecified atom stereocenters. The fourth-order valence-electron chi connectivity index (χ4n) is 2.09. The van der Waals surface area contributed by atoms with Crippen LogP contribution in [0.1, 0.15) is 23.2 Å². The molecule has 3 rings (SSSR count). The van der Waals surface area contributed by atoms with Gasteiger partial charge in [-0.1, -0.05) is 5.16 Å². The van der Waals surface area contributed by atoms with Crippen molar-refractivity contribution in [1.82, 2.24) is 20.1 Å². The van der Waals surface area contributed by atoms with Crippen molar-refractivity contribution in [3.8, 4) is 11.4 Å². The summed E-state index contributed by atoms with van der Waals surface area (Å²) in [5, 5.41) is 3.86. The highest BCUT2D eigenvalue weighted by atomic mass is 19.1. The molecule has 0 aliphatic rings. The molecule has 0 fully saturated rings. The monoisotopic (exact) mass is 287 g/mol. The second-order valence-electron chi connectivity index (χ2n) is 4.86. The predicted molar refractivity (Wildman–Crippen MR) is 73.6 cm³/mol. The Hall–Kier alpha value is -2.54. The van der Waals surface area contributed by atoms with Gasteiger partial charge in [-0.3, -0.25) is 0 Å². The Labute approximate surface area is 120 Å². The Morgan fingerprint density at radius 1 is 1.38 bits per heavy atom. The van der Waals surface area contributed by atoms with Crippen molar-refractivity contribution >= 4 is 0 Å². The topological polar surface area (TPSA) is 93.6 Å². The number of H-pyrrole nitrogens is 1. The number of benzene rings is 1. The molecule has 1 aromatic carbocycles. The second kappa shape index (κ2) is 5.45. The normalized spacial score (nSPS) is 12.5. The maximum absolute atomic E-state index is 13.4. The van der Waals surface area contributed by atoms with Crippen molar-refractivity contribution in [2.75, 3.05) is 0 Å². The zero-order valence-corrected chi connectivity index (χ0v) is 11.4. The van der Waals surface area contributed by atoms with Gasteiger partial charge in [0.1, 0.15) is 5.82 Å². The van der Waals surface area contributed by atoms with Crippen molar-refractivity contribution in [3.63, 3.8) is 0 Å². The van der Waals surface area contributed by atoms with Gasteiger partial charge >= 0.3 is 0 Å². The van der Waals surface area contributed by atoms with Crippen molar-refractivity contribution < 1.29 is 8.91 Å². The summed E-state index contributed by atoms with van der Waals surface area (Å²) in [6.45, 7) is 1.80. The Balaban J connectivity index is 1.82. The molecular formula is C14H14FN5O. The minimum Gasteiger partial charge on any atom is -0.348 e. The molecule has 0 bridgehead atoms. The summed E-state index contributed by atoms with van der Waals surface area (Å²) >= 11 is 0. The Morgan fingerprint density at radius 2 is 2.24 bits per heavy atom. The van der Waals surface area contributed by atoms with Gasteiger partial charge in [0, 0.05) is 23.9 Å². The van der Waals surface area contributed by atoms with Crippen molar-refractivity contribution in [1.29, 1.82) is 0 Å². The van der Waals surface area contributed by atoms with Crippen LogP contribution in [0.3, 0.4) is 0 Å². The SMILES string of the molecule is Cc1cc(F)cc(-c2noc(C(N)Cc3cnc[nH]3)n2)c1. The number of nitrogens with one attached hydrogen (secondary N) is 1. The molecule has 3 aromatic rings. The number of aromatic nitrogens is 4. The fourth-order valence-corrected chi connectivity index (χ4v) is 2.09. The molecule has 0 aliphatic heterocycles. The van der Waals surface area contributed by atoms with Gasteiger partial charge in [0.05, 0.1) is 12.4 Å². The average molecular weight is 287 g/mol. The lowest BCUT2D eigenvalue weighted by molar-refractivity contribution is 0.354. The van der Waals surface area contributed by atoms with Crippen molar-refractivity contribution in [2.24, 2.45) is 5.73 Å². The second-order valence-corrected chi connectivity index (χ2v) is 4.86. The summed E-state index contributed by atoms with van der Waals surface area (Å²) in [7, 11) is 0. The van der Waals surface area contributed by atoms with E-state index in [1.54, 1.807) is 25.5 Å². The van der Waals surface area contributed by atoms with Crippen LogP contribution in [0.2, 0.25) is 0 Å². The van der Waals surface area contributed by atoms with E-state index in [1.807, 2.05) is 0 Å². The van der Waals surface area contributed by atoms with E-state index in [0.29, 0.717) is 23.7 Å². The summed E-state index contributed by atoms with van der Waals surface area (Å²) in [5.74, 6) is 0.298. The standard InChI is InChI=1S/C14H14FN5O/c1-8-2-9(4-10(15)3-8)13-19-14(21-20-13)12(16)5-11-6-17-7-18-11/h2-4,6-7,12H,5,16H2,1H3,(H,17,18). The molecule has 0 radical (unpaired) electrons. The molecule has 3 N–H and O–H groups in total. The van der Waals surface area contributed by atoms with Crippen LogP contribution in [0.5, 0.6) is 0 Å². The molecule has 7 heteroatoms. The maximum Gasteiger partial charge on any atom is 0.244 e. The van der Waals surface area contributed by atoms with Gasteiger partial charge in [0.25, 0.3) is 0 Å². The van der Waals surface area contributed by atoms with Gasteiger partial charge in [-0.25, -0.2) is 9.37 Å². The molecule has 0 saturated carbocycles. The van der Waals surface area contributed by atoms with Gasteiger partial charge < -0.3 is 15.2 Å². The quantitative estimate of drug-likeness (QED) is 0.766. The average Bonchev–Trinajstić information content (AvgIpc) is 3.08. The first-order chi connectivity index (χ1) is 10.1. The molecule has 0 aliphatic carbocycles. The molecule has 2 heterocycles. The van der Waals surface area contributed by atoms with E-state index < -0.39 is 6.04 Å². The number of hydrogen-bond donors (Lipinski definition) is 2. The van der Waals surface area contributed by atoms with E-state index in [0.717, 1.165) is 11.3 Å². The van der Waals surface area contributed by atoms with Crippen LogP contribution in [0, 0.1) is 12.7 Å². The fraction of sp³-hybridized carbons (Fsp3) is 0.214. The van der Waals surface area contributed by atoms with Crippen LogP contribution in [0.25, 0.3) is 11.4 Å². The molecule has 2 aromatic heterocycles. The maximum atomic E-state index is 13.4. The third-order valence-electron chi connectivity index (χ3n) is 3.05. The minimum atomic E-state index is -0.443. The highest BCUT2D eigenvalue weighted by Crippen LogP contribution is 2.21. The van der Waals surface area contributed by atoms with Crippen molar-refractivity contribution in [3.05, 3.63) is 53.7 Å². The smallest absolute Gasteiger partial charge is 0.244 e. The lowest BCUT2D eigenvalue weighted by atomic mass is 10.1. The van der Waals surface area contributed by atoms with Crippen LogP contribution in [-0.2, 0) is 6.42 Å². The Kier molecular flexibility index (Phi) is 3.49. The van der Waals surface area contributed by atoms with Crippen LogP contribution in [0.15, 0.2) is 35.2 Å². The lowest BCUT2D eigenvalue weighted by Crippen LogP contribution is -2.14. The molecule has 6 nitrogen and oxygen atoms in total. The summed E-state index contributed by atoms with van der Waals surface area (Å²) in [5.41, 5.74) is 8.25. The third-order valence-corrected chi connectivity index (χ3v) is 3.05. The van der Waals surface area contributed by atoms with Crippen LogP contribution in [-0.4, -0.2) is 20.1 Å².